The second-order valence-electron chi connectivity index (χ2n) is 4.37. The highest BCUT2D eigenvalue weighted by Crippen LogP contribution is 2.48. The number of fused-ring (bicyclic) bond motifs is 2. The molecule has 86 valence electrons. The molecule has 2 aliphatic carbocycles. The van der Waals surface area contributed by atoms with E-state index in [2.05, 4.69) is 11.9 Å². The Morgan fingerprint density at radius 2 is 2.00 bits per heavy atom. The van der Waals surface area contributed by atoms with Crippen LogP contribution in [0.2, 0.25) is 0 Å². The summed E-state index contributed by atoms with van der Waals surface area (Å²) in [6.45, 7) is 3.91. The van der Waals surface area contributed by atoms with Crippen LogP contribution in [-0.4, -0.2) is 23.5 Å². The van der Waals surface area contributed by atoms with Gasteiger partial charge in [0.1, 0.15) is 0 Å². The zero-order valence-corrected chi connectivity index (χ0v) is 8.93. The maximum Gasteiger partial charge on any atom is 0.307 e. The molecule has 0 aliphatic heterocycles. The summed E-state index contributed by atoms with van der Waals surface area (Å²) in [4.78, 5) is 23.0. The second-order valence-corrected chi connectivity index (χ2v) is 4.37. The number of allylic oxidation sites excluding steroid dienone is 2. The molecule has 0 aromatic rings. The molecule has 2 rings (SSSR count). The molecule has 0 radical (unpaired) electrons. The van der Waals surface area contributed by atoms with Gasteiger partial charge in [-0.3, -0.25) is 9.59 Å². The molecule has 0 saturated heterocycles. The van der Waals surface area contributed by atoms with E-state index in [1.807, 2.05) is 12.2 Å². The van der Waals surface area contributed by atoms with Crippen molar-refractivity contribution < 1.29 is 14.7 Å². The van der Waals surface area contributed by atoms with E-state index in [0.717, 1.165) is 6.42 Å². The van der Waals surface area contributed by atoms with Crippen molar-refractivity contribution in [2.75, 3.05) is 6.54 Å². The van der Waals surface area contributed by atoms with E-state index in [1.165, 1.54) is 0 Å². The van der Waals surface area contributed by atoms with Gasteiger partial charge in [-0.25, -0.2) is 0 Å². The summed E-state index contributed by atoms with van der Waals surface area (Å²) < 4.78 is 0. The van der Waals surface area contributed by atoms with Crippen LogP contribution in [0, 0.1) is 23.7 Å². The van der Waals surface area contributed by atoms with Crippen molar-refractivity contribution in [1.29, 1.82) is 0 Å². The van der Waals surface area contributed by atoms with Crippen molar-refractivity contribution in [3.8, 4) is 0 Å². The van der Waals surface area contributed by atoms with E-state index >= 15 is 0 Å². The minimum absolute atomic E-state index is 0.0296. The molecule has 1 fully saturated rings. The molecule has 2 bridgehead atoms. The average Bonchev–Trinajstić information content (AvgIpc) is 2.84. The largest absolute Gasteiger partial charge is 0.481 e. The van der Waals surface area contributed by atoms with Crippen LogP contribution in [0.15, 0.2) is 24.8 Å². The third kappa shape index (κ3) is 1.64. The summed E-state index contributed by atoms with van der Waals surface area (Å²) in [6, 6.07) is 0. The topological polar surface area (TPSA) is 66.4 Å². The van der Waals surface area contributed by atoms with Crippen LogP contribution in [-0.2, 0) is 9.59 Å². The Bertz CT molecular complexity index is 361. The summed E-state index contributed by atoms with van der Waals surface area (Å²) in [5.74, 6) is -1.87. The molecular weight excluding hydrogens is 206 g/mol. The maximum absolute atomic E-state index is 11.9. The zero-order valence-electron chi connectivity index (χ0n) is 8.93. The molecule has 16 heavy (non-hydrogen) atoms. The van der Waals surface area contributed by atoms with Crippen LogP contribution in [0.4, 0.5) is 0 Å². The van der Waals surface area contributed by atoms with E-state index in [-0.39, 0.29) is 17.7 Å². The smallest absolute Gasteiger partial charge is 0.307 e. The van der Waals surface area contributed by atoms with Gasteiger partial charge >= 0.3 is 5.97 Å². The molecule has 4 nitrogen and oxygen atoms in total. The summed E-state index contributed by atoms with van der Waals surface area (Å²) >= 11 is 0. The molecule has 4 heteroatoms. The van der Waals surface area contributed by atoms with E-state index < -0.39 is 17.8 Å². The number of carboxylic acids is 1. The summed E-state index contributed by atoms with van der Waals surface area (Å²) in [6.07, 6.45) is 6.29. The Kier molecular flexibility index (Phi) is 2.81. The first-order valence-corrected chi connectivity index (χ1v) is 5.45. The molecule has 0 spiro atoms. The van der Waals surface area contributed by atoms with Crippen LogP contribution in [0.25, 0.3) is 0 Å². The summed E-state index contributed by atoms with van der Waals surface area (Å²) in [5, 5.41) is 11.8. The van der Waals surface area contributed by atoms with E-state index in [0.29, 0.717) is 6.54 Å². The molecule has 1 saturated carbocycles. The Balaban J connectivity index is 2.13. The lowest BCUT2D eigenvalue weighted by Gasteiger charge is -2.23. The lowest BCUT2D eigenvalue weighted by atomic mass is 9.82. The van der Waals surface area contributed by atoms with Gasteiger partial charge in [0.25, 0.3) is 0 Å². The van der Waals surface area contributed by atoms with Crippen molar-refractivity contribution >= 4 is 11.9 Å². The monoisotopic (exact) mass is 221 g/mol. The SMILES string of the molecule is C=CCNC(=O)[C@@H]1[C@H](C(=O)O)[C@H]2C=C[C@H]1C2. The van der Waals surface area contributed by atoms with Gasteiger partial charge in [-0.2, -0.15) is 0 Å². The first-order valence-electron chi connectivity index (χ1n) is 5.45. The lowest BCUT2D eigenvalue weighted by Crippen LogP contribution is -2.40. The number of hydrogen-bond donors (Lipinski definition) is 2. The third-order valence-corrected chi connectivity index (χ3v) is 3.47. The number of rotatable bonds is 4. The van der Waals surface area contributed by atoms with Crippen LogP contribution >= 0.6 is 0 Å². The lowest BCUT2D eigenvalue weighted by molar-refractivity contribution is -0.147. The number of carboxylic acid groups (broad SMARTS) is 1. The van der Waals surface area contributed by atoms with Gasteiger partial charge < -0.3 is 10.4 Å². The standard InChI is InChI=1S/C12H15NO3/c1-2-5-13-11(14)9-7-3-4-8(6-7)10(9)12(15)16/h2-4,7-10H,1,5-6H2,(H,13,14)(H,15,16)/t7-,8-,9-,10+/m0/s1. The fraction of sp³-hybridized carbons (Fsp3) is 0.500. The van der Waals surface area contributed by atoms with Gasteiger partial charge in [-0.05, 0) is 18.3 Å². The minimum Gasteiger partial charge on any atom is -0.481 e. The molecule has 0 aromatic heterocycles. The highest BCUT2D eigenvalue weighted by molar-refractivity contribution is 5.86. The fourth-order valence-corrected chi connectivity index (χ4v) is 2.81. The molecule has 0 unspecified atom stereocenters. The molecule has 2 N–H and O–H groups in total. The molecule has 1 amide bonds. The van der Waals surface area contributed by atoms with Crippen LogP contribution in [0.5, 0.6) is 0 Å². The van der Waals surface area contributed by atoms with E-state index in [9.17, 15) is 9.59 Å². The van der Waals surface area contributed by atoms with E-state index in [4.69, 9.17) is 5.11 Å². The molecule has 0 heterocycles. The predicted octanol–water partition coefficient (Wildman–Crippen LogP) is 0.811. The third-order valence-electron chi connectivity index (χ3n) is 3.47. The van der Waals surface area contributed by atoms with Crippen molar-refractivity contribution in [3.63, 3.8) is 0 Å². The van der Waals surface area contributed by atoms with Crippen LogP contribution in [0.3, 0.4) is 0 Å². The quantitative estimate of drug-likeness (QED) is 0.690. The van der Waals surface area contributed by atoms with Gasteiger partial charge in [0, 0.05) is 6.54 Å². The Morgan fingerprint density at radius 1 is 1.38 bits per heavy atom. The highest BCUT2D eigenvalue weighted by atomic mass is 16.4. The number of carbonyl (C=O) groups is 2. The normalized spacial score (nSPS) is 35.0. The molecule has 0 aromatic carbocycles. The number of hydrogen-bond acceptors (Lipinski definition) is 2. The first-order chi connectivity index (χ1) is 7.65. The maximum atomic E-state index is 11.9. The van der Waals surface area contributed by atoms with Gasteiger partial charge in [0.2, 0.25) is 5.91 Å². The molecule has 4 atom stereocenters. The minimum atomic E-state index is -0.865. The second kappa shape index (κ2) is 4.12. The Labute approximate surface area is 94.0 Å². The Hall–Kier alpha value is -1.58. The van der Waals surface area contributed by atoms with Crippen molar-refractivity contribution in [2.24, 2.45) is 23.7 Å². The van der Waals surface area contributed by atoms with Crippen molar-refractivity contribution in [1.82, 2.24) is 5.32 Å². The van der Waals surface area contributed by atoms with Crippen LogP contribution in [0.1, 0.15) is 6.42 Å². The van der Waals surface area contributed by atoms with Crippen LogP contribution < -0.4 is 5.32 Å². The zero-order chi connectivity index (χ0) is 11.7. The van der Waals surface area contributed by atoms with Gasteiger partial charge in [-0.1, -0.05) is 18.2 Å². The van der Waals surface area contributed by atoms with Gasteiger partial charge in [0.05, 0.1) is 11.8 Å². The number of nitrogens with one attached hydrogen (secondary N) is 1. The molecular formula is C12H15NO3. The first kappa shape index (κ1) is 10.9. The highest BCUT2D eigenvalue weighted by Gasteiger charge is 2.51. The fourth-order valence-electron chi connectivity index (χ4n) is 2.81. The van der Waals surface area contributed by atoms with E-state index in [1.54, 1.807) is 6.08 Å². The number of amides is 1. The summed E-state index contributed by atoms with van der Waals surface area (Å²) in [5.41, 5.74) is 0. The average molecular weight is 221 g/mol. The summed E-state index contributed by atoms with van der Waals surface area (Å²) in [7, 11) is 0. The molecule has 2 aliphatic rings. The van der Waals surface area contributed by atoms with Gasteiger partial charge in [-0.15, -0.1) is 6.58 Å². The van der Waals surface area contributed by atoms with Crippen molar-refractivity contribution in [2.45, 2.75) is 6.42 Å². The van der Waals surface area contributed by atoms with Crippen molar-refractivity contribution in [3.05, 3.63) is 24.8 Å². The number of aliphatic carboxylic acids is 1. The van der Waals surface area contributed by atoms with Gasteiger partial charge in [0.15, 0.2) is 0 Å². The number of carbonyl (C=O) groups excluding carboxylic acids is 1. The Morgan fingerprint density at radius 3 is 2.56 bits per heavy atom. The predicted molar refractivity (Wildman–Crippen MR) is 58.6 cm³/mol.